The van der Waals surface area contributed by atoms with Crippen LogP contribution in [-0.4, -0.2) is 12.1 Å². The Morgan fingerprint density at radius 3 is 2.88 bits per heavy atom. The zero-order valence-corrected chi connectivity index (χ0v) is 10.9. The summed E-state index contributed by atoms with van der Waals surface area (Å²) in [6.07, 6.45) is 2.83. The summed E-state index contributed by atoms with van der Waals surface area (Å²) in [5, 5.41) is 3.71. The molecule has 2 nitrogen and oxygen atoms in total. The van der Waals surface area contributed by atoms with Crippen LogP contribution in [0.15, 0.2) is 18.2 Å². The molecule has 3 rings (SSSR count). The van der Waals surface area contributed by atoms with Crippen LogP contribution in [0.4, 0.5) is 5.69 Å². The van der Waals surface area contributed by atoms with Crippen LogP contribution < -0.4 is 10.1 Å². The van der Waals surface area contributed by atoms with Crippen molar-refractivity contribution in [2.45, 2.75) is 45.8 Å². The quantitative estimate of drug-likeness (QED) is 0.736. The van der Waals surface area contributed by atoms with Crippen molar-refractivity contribution in [2.24, 2.45) is 11.8 Å². The molecule has 17 heavy (non-hydrogen) atoms. The fraction of sp³-hybridized carbons (Fsp3) is 0.600. The van der Waals surface area contributed by atoms with Crippen molar-refractivity contribution in [1.82, 2.24) is 0 Å². The summed E-state index contributed by atoms with van der Waals surface area (Å²) in [6.45, 7) is 6.82. The molecule has 0 saturated heterocycles. The van der Waals surface area contributed by atoms with Crippen molar-refractivity contribution in [3.63, 3.8) is 0 Å². The van der Waals surface area contributed by atoms with Gasteiger partial charge in [-0.25, -0.2) is 0 Å². The maximum absolute atomic E-state index is 6.20. The third-order valence-electron chi connectivity index (χ3n) is 4.25. The third kappa shape index (κ3) is 1.80. The molecule has 0 bridgehead atoms. The summed E-state index contributed by atoms with van der Waals surface area (Å²) in [5.74, 6) is 2.50. The number of rotatable bonds is 0. The lowest BCUT2D eigenvalue weighted by molar-refractivity contribution is 0.0775. The molecular formula is C15H21NO. The van der Waals surface area contributed by atoms with E-state index >= 15 is 0 Å². The topological polar surface area (TPSA) is 21.3 Å². The van der Waals surface area contributed by atoms with Gasteiger partial charge in [0.2, 0.25) is 0 Å². The van der Waals surface area contributed by atoms with E-state index in [0.29, 0.717) is 18.1 Å². The zero-order chi connectivity index (χ0) is 12.0. The Morgan fingerprint density at radius 1 is 1.24 bits per heavy atom. The van der Waals surface area contributed by atoms with Gasteiger partial charge in [-0.2, -0.15) is 0 Å². The summed E-state index contributed by atoms with van der Waals surface area (Å²) in [6, 6.07) is 6.78. The van der Waals surface area contributed by atoms with Crippen molar-refractivity contribution in [3.05, 3.63) is 23.8 Å². The molecule has 1 saturated carbocycles. The van der Waals surface area contributed by atoms with E-state index in [0.717, 1.165) is 11.7 Å². The highest BCUT2D eigenvalue weighted by molar-refractivity contribution is 5.63. The Bertz CT molecular complexity index is 429. The largest absolute Gasteiger partial charge is 0.486 e. The molecule has 1 aromatic rings. The molecule has 1 aliphatic heterocycles. The standard InChI is InChI=1S/C15H21NO/c1-9-7-11(3)15-13(8-9)17-12-6-4-5-10(2)14(12)16-15/h4-6,9,11,13,15-16H,7-8H2,1-3H3. The third-order valence-corrected chi connectivity index (χ3v) is 4.25. The van der Waals surface area contributed by atoms with Gasteiger partial charge in [-0.3, -0.25) is 0 Å². The second-order valence-corrected chi connectivity index (χ2v) is 5.83. The molecule has 92 valence electrons. The molecule has 4 unspecified atom stereocenters. The number of ether oxygens (including phenoxy) is 1. The minimum absolute atomic E-state index is 0.350. The Hall–Kier alpha value is -1.18. The van der Waals surface area contributed by atoms with Crippen molar-refractivity contribution < 1.29 is 4.74 Å². The Labute approximate surface area is 103 Å². The number of fused-ring (bicyclic) bond motifs is 2. The first-order chi connectivity index (χ1) is 8.15. The number of benzene rings is 1. The summed E-state index contributed by atoms with van der Waals surface area (Å²) in [7, 11) is 0. The number of aryl methyl sites for hydroxylation is 1. The fourth-order valence-corrected chi connectivity index (χ4v) is 3.40. The highest BCUT2D eigenvalue weighted by Gasteiger charge is 2.38. The van der Waals surface area contributed by atoms with Gasteiger partial charge in [0.05, 0.1) is 11.7 Å². The lowest BCUT2D eigenvalue weighted by atomic mass is 9.77. The van der Waals surface area contributed by atoms with Crippen LogP contribution in [0.1, 0.15) is 32.3 Å². The normalized spacial score (nSPS) is 35.2. The number of anilines is 1. The summed E-state index contributed by atoms with van der Waals surface area (Å²) in [4.78, 5) is 0. The maximum Gasteiger partial charge on any atom is 0.143 e. The molecule has 2 heteroatoms. The SMILES string of the molecule is Cc1cccc2c1NC1C(C)CC(C)CC1O2. The van der Waals surface area contributed by atoms with E-state index in [1.807, 2.05) is 0 Å². The smallest absolute Gasteiger partial charge is 0.143 e. The molecular weight excluding hydrogens is 210 g/mol. The van der Waals surface area contributed by atoms with Crippen molar-refractivity contribution in [1.29, 1.82) is 0 Å². The van der Waals surface area contributed by atoms with Crippen LogP contribution in [0.3, 0.4) is 0 Å². The van der Waals surface area contributed by atoms with E-state index in [-0.39, 0.29) is 0 Å². The molecule has 0 radical (unpaired) electrons. The number of para-hydroxylation sites is 1. The van der Waals surface area contributed by atoms with Gasteiger partial charge in [0.15, 0.2) is 0 Å². The van der Waals surface area contributed by atoms with Crippen molar-refractivity contribution in [2.75, 3.05) is 5.32 Å². The van der Waals surface area contributed by atoms with E-state index in [2.05, 4.69) is 44.3 Å². The molecule has 0 amide bonds. The molecule has 1 fully saturated rings. The van der Waals surface area contributed by atoms with Crippen LogP contribution in [0.5, 0.6) is 5.75 Å². The monoisotopic (exact) mass is 231 g/mol. The van der Waals surface area contributed by atoms with Crippen LogP contribution >= 0.6 is 0 Å². The van der Waals surface area contributed by atoms with Gasteiger partial charge in [0, 0.05) is 0 Å². The van der Waals surface area contributed by atoms with Gasteiger partial charge in [-0.1, -0.05) is 26.0 Å². The lowest BCUT2D eigenvalue weighted by Crippen LogP contribution is -2.50. The Balaban J connectivity index is 1.94. The molecule has 1 N–H and O–H groups in total. The van der Waals surface area contributed by atoms with Gasteiger partial charge in [-0.15, -0.1) is 0 Å². The van der Waals surface area contributed by atoms with Crippen LogP contribution in [0, 0.1) is 18.8 Å². The minimum atomic E-state index is 0.350. The Kier molecular flexibility index (Phi) is 2.53. The number of hydrogen-bond donors (Lipinski definition) is 1. The molecule has 0 aromatic heterocycles. The molecule has 1 heterocycles. The zero-order valence-electron chi connectivity index (χ0n) is 10.9. The first kappa shape index (κ1) is 10.9. The minimum Gasteiger partial charge on any atom is -0.486 e. The molecule has 1 aromatic carbocycles. The van der Waals surface area contributed by atoms with Crippen LogP contribution in [-0.2, 0) is 0 Å². The van der Waals surface area contributed by atoms with Gasteiger partial charge in [0.1, 0.15) is 11.9 Å². The van der Waals surface area contributed by atoms with Gasteiger partial charge < -0.3 is 10.1 Å². The molecule has 1 aliphatic carbocycles. The van der Waals surface area contributed by atoms with E-state index in [4.69, 9.17) is 4.74 Å². The van der Waals surface area contributed by atoms with Gasteiger partial charge >= 0.3 is 0 Å². The van der Waals surface area contributed by atoms with Crippen LogP contribution in [0.25, 0.3) is 0 Å². The average molecular weight is 231 g/mol. The second-order valence-electron chi connectivity index (χ2n) is 5.83. The second kappa shape index (κ2) is 3.94. The first-order valence-corrected chi connectivity index (χ1v) is 6.68. The predicted molar refractivity (Wildman–Crippen MR) is 70.6 cm³/mol. The van der Waals surface area contributed by atoms with Crippen molar-refractivity contribution >= 4 is 5.69 Å². The summed E-state index contributed by atoms with van der Waals surface area (Å²) in [5.41, 5.74) is 2.49. The number of hydrogen-bond acceptors (Lipinski definition) is 2. The number of nitrogens with one attached hydrogen (secondary N) is 1. The molecule has 0 spiro atoms. The Morgan fingerprint density at radius 2 is 2.06 bits per heavy atom. The van der Waals surface area contributed by atoms with E-state index in [9.17, 15) is 0 Å². The van der Waals surface area contributed by atoms with Crippen molar-refractivity contribution in [3.8, 4) is 5.75 Å². The van der Waals surface area contributed by atoms with E-state index in [1.54, 1.807) is 0 Å². The lowest BCUT2D eigenvalue weighted by Gasteiger charge is -2.44. The van der Waals surface area contributed by atoms with Gasteiger partial charge in [0.25, 0.3) is 0 Å². The summed E-state index contributed by atoms with van der Waals surface area (Å²) < 4.78 is 6.20. The van der Waals surface area contributed by atoms with Gasteiger partial charge in [-0.05, 0) is 43.2 Å². The fourth-order valence-electron chi connectivity index (χ4n) is 3.40. The predicted octanol–water partition coefficient (Wildman–Crippen LogP) is 3.60. The van der Waals surface area contributed by atoms with Crippen LogP contribution in [0.2, 0.25) is 0 Å². The van der Waals surface area contributed by atoms with E-state index < -0.39 is 0 Å². The summed E-state index contributed by atoms with van der Waals surface area (Å²) >= 11 is 0. The highest BCUT2D eigenvalue weighted by Crippen LogP contribution is 2.41. The van der Waals surface area contributed by atoms with E-state index in [1.165, 1.54) is 24.1 Å². The maximum atomic E-state index is 6.20. The highest BCUT2D eigenvalue weighted by atomic mass is 16.5. The molecule has 2 aliphatic rings. The molecule has 4 atom stereocenters. The first-order valence-electron chi connectivity index (χ1n) is 6.68. The average Bonchev–Trinajstić information content (AvgIpc) is 2.27.